The van der Waals surface area contributed by atoms with Crippen molar-refractivity contribution in [3.05, 3.63) is 46.4 Å². The highest BCUT2D eigenvalue weighted by molar-refractivity contribution is 6.28. The van der Waals surface area contributed by atoms with Gasteiger partial charge in [0.25, 0.3) is 6.47 Å². The highest BCUT2D eigenvalue weighted by Crippen LogP contribution is 2.26. The van der Waals surface area contributed by atoms with Gasteiger partial charge in [-0.2, -0.15) is 0 Å². The third-order valence-corrected chi connectivity index (χ3v) is 2.72. The zero-order chi connectivity index (χ0) is 13.5. The fraction of sp³-hybridized carbons (Fsp3) is 0.231. The lowest BCUT2D eigenvalue weighted by atomic mass is 9.97. The summed E-state index contributed by atoms with van der Waals surface area (Å²) in [7, 11) is 0. The lowest BCUT2D eigenvalue weighted by molar-refractivity contribution is -0.128. The van der Waals surface area contributed by atoms with Crippen LogP contribution in [-0.4, -0.2) is 23.4 Å². The molecule has 0 saturated carbocycles. The van der Waals surface area contributed by atoms with E-state index in [4.69, 9.17) is 11.6 Å². The van der Waals surface area contributed by atoms with E-state index in [1.165, 1.54) is 6.07 Å². The number of aromatic nitrogens is 1. The molecular weight excluding hydrogens is 254 g/mol. The molecule has 1 aliphatic rings. The van der Waals surface area contributed by atoms with Gasteiger partial charge in [0.05, 0.1) is 12.0 Å². The molecule has 0 radical (unpaired) electrons. The number of alkyl halides is 1. The van der Waals surface area contributed by atoms with E-state index < -0.39 is 0 Å². The van der Waals surface area contributed by atoms with Gasteiger partial charge in [-0.25, -0.2) is 0 Å². The number of ether oxygens (including phenoxy) is 1. The summed E-state index contributed by atoms with van der Waals surface area (Å²) in [4.78, 5) is 23.6. The molecule has 1 aromatic heterocycles. The molecule has 2 rings (SSSR count). The van der Waals surface area contributed by atoms with Gasteiger partial charge in [-0.3, -0.25) is 9.59 Å². The van der Waals surface area contributed by atoms with Gasteiger partial charge in [-0.05, 0) is 18.6 Å². The van der Waals surface area contributed by atoms with Crippen LogP contribution in [0.1, 0.15) is 18.2 Å². The van der Waals surface area contributed by atoms with Crippen molar-refractivity contribution in [1.29, 1.82) is 0 Å². The number of hydrogen-bond acceptors (Lipinski definition) is 3. The molecule has 18 heavy (non-hydrogen) atoms. The molecule has 0 amide bonds. The SMILES string of the molecule is C=C1c2c([nH]ccc2=O)C=CC1Cl.CCOC=O. The maximum Gasteiger partial charge on any atom is 0.293 e. The van der Waals surface area contributed by atoms with Gasteiger partial charge in [-0.15, -0.1) is 11.6 Å². The first kappa shape index (κ1) is 14.3. The van der Waals surface area contributed by atoms with Gasteiger partial charge >= 0.3 is 0 Å². The second-order valence-corrected chi connectivity index (χ2v) is 3.94. The topological polar surface area (TPSA) is 59.2 Å². The smallest absolute Gasteiger partial charge is 0.293 e. The lowest BCUT2D eigenvalue weighted by Gasteiger charge is -2.15. The Morgan fingerprint density at radius 1 is 1.61 bits per heavy atom. The predicted octanol–water partition coefficient (Wildman–Crippen LogP) is 2.20. The summed E-state index contributed by atoms with van der Waals surface area (Å²) in [5, 5.41) is -0.268. The first-order chi connectivity index (χ1) is 8.61. The molecule has 1 unspecified atom stereocenters. The predicted molar refractivity (Wildman–Crippen MR) is 72.5 cm³/mol. The number of pyridine rings is 1. The van der Waals surface area contributed by atoms with Crippen LogP contribution in [0, 0.1) is 0 Å². The standard InChI is InChI=1S/C10H8ClNO.C3H6O2/c1-6-7(11)2-3-8-10(6)9(13)4-5-12-8;1-2-5-3-4/h2-5,7H,1H2,(H,12,13);3H,2H2,1H3. The molecular formula is C13H14ClNO3. The van der Waals surface area contributed by atoms with Crippen LogP contribution in [0.2, 0.25) is 0 Å². The summed E-state index contributed by atoms with van der Waals surface area (Å²) in [5.74, 6) is 0. The van der Waals surface area contributed by atoms with E-state index in [-0.39, 0.29) is 10.8 Å². The molecule has 1 aromatic rings. The summed E-state index contributed by atoms with van der Waals surface area (Å²) in [6, 6.07) is 1.48. The van der Waals surface area contributed by atoms with Gasteiger partial charge in [0, 0.05) is 23.5 Å². The van der Waals surface area contributed by atoms with Crippen molar-refractivity contribution in [3.8, 4) is 0 Å². The Hall–Kier alpha value is -1.81. The number of hydrogen-bond donors (Lipinski definition) is 1. The van der Waals surface area contributed by atoms with Gasteiger partial charge < -0.3 is 9.72 Å². The van der Waals surface area contributed by atoms with Crippen molar-refractivity contribution in [2.24, 2.45) is 0 Å². The van der Waals surface area contributed by atoms with Crippen molar-refractivity contribution in [2.45, 2.75) is 12.3 Å². The van der Waals surface area contributed by atoms with E-state index in [0.29, 0.717) is 24.2 Å². The molecule has 1 heterocycles. The van der Waals surface area contributed by atoms with Gasteiger partial charge in [0.15, 0.2) is 5.43 Å². The Morgan fingerprint density at radius 3 is 2.89 bits per heavy atom. The van der Waals surface area contributed by atoms with Gasteiger partial charge in [0.2, 0.25) is 0 Å². The highest BCUT2D eigenvalue weighted by Gasteiger charge is 2.18. The van der Waals surface area contributed by atoms with E-state index >= 15 is 0 Å². The van der Waals surface area contributed by atoms with Crippen LogP contribution >= 0.6 is 11.6 Å². The van der Waals surface area contributed by atoms with Crippen LogP contribution in [0.25, 0.3) is 11.6 Å². The fourth-order valence-electron chi connectivity index (χ4n) is 1.46. The summed E-state index contributed by atoms with van der Waals surface area (Å²) < 4.78 is 4.15. The number of rotatable bonds is 2. The quantitative estimate of drug-likeness (QED) is 0.660. The number of allylic oxidation sites excluding steroid dienone is 2. The molecule has 1 aliphatic carbocycles. The third kappa shape index (κ3) is 3.34. The second kappa shape index (κ2) is 6.81. The molecule has 0 fully saturated rings. The Balaban J connectivity index is 0.000000280. The summed E-state index contributed by atoms with van der Waals surface area (Å²) in [6.45, 7) is 6.46. The van der Waals surface area contributed by atoms with Crippen molar-refractivity contribution < 1.29 is 9.53 Å². The van der Waals surface area contributed by atoms with Crippen LogP contribution in [0.4, 0.5) is 0 Å². The van der Waals surface area contributed by atoms with Crippen molar-refractivity contribution >= 4 is 29.7 Å². The number of nitrogens with one attached hydrogen (secondary N) is 1. The van der Waals surface area contributed by atoms with E-state index in [1.807, 2.05) is 12.2 Å². The monoisotopic (exact) mass is 267 g/mol. The number of H-pyrrole nitrogens is 1. The van der Waals surface area contributed by atoms with E-state index in [1.54, 1.807) is 13.1 Å². The van der Waals surface area contributed by atoms with E-state index in [0.717, 1.165) is 5.69 Å². The van der Waals surface area contributed by atoms with Crippen LogP contribution in [0.3, 0.4) is 0 Å². The van der Waals surface area contributed by atoms with E-state index in [2.05, 4.69) is 16.3 Å². The second-order valence-electron chi connectivity index (χ2n) is 3.47. The molecule has 0 aromatic carbocycles. The average molecular weight is 268 g/mol. The van der Waals surface area contributed by atoms with Crippen molar-refractivity contribution in [2.75, 3.05) is 6.61 Å². The summed E-state index contributed by atoms with van der Waals surface area (Å²) in [6.07, 6.45) is 5.23. The lowest BCUT2D eigenvalue weighted by Crippen LogP contribution is -2.16. The first-order valence-corrected chi connectivity index (χ1v) is 5.83. The molecule has 5 heteroatoms. The molecule has 0 bridgehead atoms. The van der Waals surface area contributed by atoms with Crippen LogP contribution in [0.15, 0.2) is 29.7 Å². The third-order valence-electron chi connectivity index (χ3n) is 2.31. The highest BCUT2D eigenvalue weighted by atomic mass is 35.5. The first-order valence-electron chi connectivity index (χ1n) is 5.40. The zero-order valence-corrected chi connectivity index (χ0v) is 10.7. The number of halogens is 1. The van der Waals surface area contributed by atoms with Crippen molar-refractivity contribution in [1.82, 2.24) is 4.98 Å². The van der Waals surface area contributed by atoms with Gasteiger partial charge in [0.1, 0.15) is 0 Å². The minimum absolute atomic E-state index is 0.0336. The Bertz CT molecular complexity index is 519. The number of carbonyl (C=O) groups excluding carboxylic acids is 1. The number of fused-ring (bicyclic) bond motifs is 1. The maximum atomic E-state index is 11.4. The molecule has 4 nitrogen and oxygen atoms in total. The Morgan fingerprint density at radius 2 is 2.33 bits per heavy atom. The number of carbonyl (C=O) groups is 1. The molecule has 0 spiro atoms. The molecule has 1 atom stereocenters. The molecule has 96 valence electrons. The average Bonchev–Trinajstić information content (AvgIpc) is 2.36. The van der Waals surface area contributed by atoms with Gasteiger partial charge in [-0.1, -0.05) is 12.7 Å². The normalized spacial score (nSPS) is 16.3. The summed E-state index contributed by atoms with van der Waals surface area (Å²) >= 11 is 5.93. The van der Waals surface area contributed by atoms with E-state index in [9.17, 15) is 9.59 Å². The number of aromatic amines is 1. The molecule has 1 N–H and O–H groups in total. The maximum absolute atomic E-state index is 11.4. The minimum atomic E-state index is -0.268. The fourth-order valence-corrected chi connectivity index (χ4v) is 1.64. The van der Waals surface area contributed by atoms with Crippen molar-refractivity contribution in [3.63, 3.8) is 0 Å². The zero-order valence-electron chi connectivity index (χ0n) is 9.98. The minimum Gasteiger partial charge on any atom is -0.468 e. The van der Waals surface area contributed by atoms with Crippen LogP contribution in [0.5, 0.6) is 0 Å². The largest absolute Gasteiger partial charge is 0.468 e. The molecule has 0 aliphatic heterocycles. The Labute approximate surface area is 110 Å². The Kier molecular flexibility index (Phi) is 5.39. The molecule has 0 saturated heterocycles. The van der Waals surface area contributed by atoms with Crippen LogP contribution in [-0.2, 0) is 9.53 Å². The van der Waals surface area contributed by atoms with Crippen LogP contribution < -0.4 is 5.43 Å². The summed E-state index contributed by atoms with van der Waals surface area (Å²) in [5.41, 5.74) is 2.02.